The maximum absolute atomic E-state index is 13.3. The van der Waals surface area contributed by atoms with E-state index in [1.165, 1.54) is 31.4 Å². The van der Waals surface area contributed by atoms with Crippen LogP contribution in [0, 0.1) is 11.6 Å². The van der Waals surface area contributed by atoms with E-state index in [2.05, 4.69) is 10.1 Å². The molecule has 0 aliphatic heterocycles. The lowest BCUT2D eigenvalue weighted by Crippen LogP contribution is -2.22. The van der Waals surface area contributed by atoms with Crippen LogP contribution in [0.3, 0.4) is 0 Å². The van der Waals surface area contributed by atoms with Crippen molar-refractivity contribution in [3.8, 4) is 5.75 Å². The molecule has 0 spiro atoms. The molecular weight excluding hydrogens is 280 g/mol. The van der Waals surface area contributed by atoms with E-state index in [1.807, 2.05) is 0 Å². The van der Waals surface area contributed by atoms with Crippen molar-refractivity contribution in [2.45, 2.75) is 6.04 Å². The number of esters is 1. The van der Waals surface area contributed by atoms with E-state index in [0.717, 1.165) is 18.2 Å². The van der Waals surface area contributed by atoms with Crippen LogP contribution in [0.2, 0.25) is 0 Å². The van der Waals surface area contributed by atoms with Gasteiger partial charge in [0.1, 0.15) is 17.4 Å². The van der Waals surface area contributed by atoms with Crippen LogP contribution in [0.4, 0.5) is 14.5 Å². The molecular formula is C15H13F2NO3. The number of hydrogen-bond acceptors (Lipinski definition) is 4. The van der Waals surface area contributed by atoms with Crippen molar-refractivity contribution in [1.82, 2.24) is 0 Å². The Balaban J connectivity index is 2.39. The first-order valence-electron chi connectivity index (χ1n) is 6.09. The largest absolute Gasteiger partial charge is 0.508 e. The van der Waals surface area contributed by atoms with Crippen molar-refractivity contribution >= 4 is 11.7 Å². The van der Waals surface area contributed by atoms with Crippen molar-refractivity contribution in [1.29, 1.82) is 0 Å². The van der Waals surface area contributed by atoms with Gasteiger partial charge in [-0.3, -0.25) is 0 Å². The lowest BCUT2D eigenvalue weighted by atomic mass is 10.0. The van der Waals surface area contributed by atoms with Gasteiger partial charge in [-0.15, -0.1) is 0 Å². The molecule has 0 amide bonds. The summed E-state index contributed by atoms with van der Waals surface area (Å²) in [5, 5.41) is 12.5. The lowest BCUT2D eigenvalue weighted by Gasteiger charge is -2.19. The van der Waals surface area contributed by atoms with E-state index in [9.17, 15) is 18.7 Å². The quantitative estimate of drug-likeness (QED) is 0.851. The summed E-state index contributed by atoms with van der Waals surface area (Å²) < 4.78 is 31.1. The van der Waals surface area contributed by atoms with Gasteiger partial charge in [0, 0.05) is 11.3 Å². The van der Waals surface area contributed by atoms with Crippen molar-refractivity contribution < 1.29 is 23.4 Å². The number of rotatable bonds is 4. The highest BCUT2D eigenvalue weighted by Gasteiger charge is 2.25. The number of nitrogens with one attached hydrogen (secondary N) is 1. The summed E-state index contributed by atoms with van der Waals surface area (Å²) in [4.78, 5) is 11.9. The number of phenols is 1. The molecule has 1 unspecified atom stereocenters. The number of halogens is 2. The van der Waals surface area contributed by atoms with Gasteiger partial charge in [0.25, 0.3) is 0 Å². The molecule has 1 atom stereocenters. The molecule has 2 aromatic carbocycles. The van der Waals surface area contributed by atoms with Crippen LogP contribution in [-0.4, -0.2) is 18.2 Å². The second-order valence-corrected chi connectivity index (χ2v) is 4.31. The molecule has 0 radical (unpaired) electrons. The maximum atomic E-state index is 13.3. The Morgan fingerprint density at radius 2 is 1.90 bits per heavy atom. The normalized spacial score (nSPS) is 11.8. The predicted molar refractivity (Wildman–Crippen MR) is 72.8 cm³/mol. The number of ether oxygens (including phenoxy) is 1. The van der Waals surface area contributed by atoms with Gasteiger partial charge in [0.2, 0.25) is 0 Å². The third-order valence-corrected chi connectivity index (χ3v) is 2.87. The third kappa shape index (κ3) is 3.47. The van der Waals surface area contributed by atoms with E-state index in [1.54, 1.807) is 0 Å². The highest BCUT2D eigenvalue weighted by Crippen LogP contribution is 2.29. The second-order valence-electron chi connectivity index (χ2n) is 4.31. The van der Waals surface area contributed by atoms with Gasteiger partial charge in [0.15, 0.2) is 6.04 Å². The fourth-order valence-electron chi connectivity index (χ4n) is 1.88. The zero-order valence-corrected chi connectivity index (χ0v) is 11.1. The molecule has 2 aromatic rings. The average Bonchev–Trinajstić information content (AvgIpc) is 2.47. The molecule has 6 heteroatoms. The first-order chi connectivity index (χ1) is 10.0. The zero-order chi connectivity index (χ0) is 15.4. The number of methoxy groups -OCH3 is 1. The van der Waals surface area contributed by atoms with Gasteiger partial charge in [-0.05, 0) is 36.4 Å². The van der Waals surface area contributed by atoms with Crippen molar-refractivity contribution in [2.24, 2.45) is 0 Å². The van der Waals surface area contributed by atoms with Crippen LogP contribution in [0.5, 0.6) is 5.75 Å². The van der Waals surface area contributed by atoms with E-state index < -0.39 is 23.6 Å². The maximum Gasteiger partial charge on any atom is 0.333 e. The Kier molecular flexibility index (Phi) is 4.37. The Morgan fingerprint density at radius 1 is 1.19 bits per heavy atom. The number of aromatic hydroxyl groups is 1. The highest BCUT2D eigenvalue weighted by atomic mass is 19.1. The summed E-state index contributed by atoms with van der Waals surface area (Å²) >= 11 is 0. The summed E-state index contributed by atoms with van der Waals surface area (Å²) in [6.45, 7) is 0. The standard InChI is InChI=1S/C15H13F2NO3/c1-21-15(20)14(12-8-10(17)5-6-13(12)19)18-11-4-2-3-9(16)7-11/h2-8,14,18-19H,1H3. The smallest absolute Gasteiger partial charge is 0.333 e. The molecule has 0 aromatic heterocycles. The summed E-state index contributed by atoms with van der Waals surface area (Å²) in [5.41, 5.74) is 0.306. The van der Waals surface area contributed by atoms with Gasteiger partial charge < -0.3 is 15.2 Å². The van der Waals surface area contributed by atoms with Crippen LogP contribution >= 0.6 is 0 Å². The third-order valence-electron chi connectivity index (χ3n) is 2.87. The number of carbonyl (C=O) groups excluding carboxylic acids is 1. The number of anilines is 1. The minimum atomic E-state index is -1.16. The van der Waals surface area contributed by atoms with Crippen LogP contribution in [0.15, 0.2) is 42.5 Å². The molecule has 2 rings (SSSR count). The summed E-state index contributed by atoms with van der Waals surface area (Å²) in [6, 6.07) is 7.47. The first-order valence-corrected chi connectivity index (χ1v) is 6.09. The van der Waals surface area contributed by atoms with E-state index >= 15 is 0 Å². The van der Waals surface area contributed by atoms with Crippen LogP contribution < -0.4 is 5.32 Å². The topological polar surface area (TPSA) is 58.6 Å². The fraction of sp³-hybridized carbons (Fsp3) is 0.133. The van der Waals surface area contributed by atoms with Crippen LogP contribution in [0.25, 0.3) is 0 Å². The Bertz CT molecular complexity index is 661. The summed E-state index contributed by atoms with van der Waals surface area (Å²) in [6.07, 6.45) is 0. The molecule has 0 aliphatic rings. The van der Waals surface area contributed by atoms with Gasteiger partial charge in [0.05, 0.1) is 7.11 Å². The number of benzene rings is 2. The number of carbonyl (C=O) groups is 1. The van der Waals surface area contributed by atoms with Crippen LogP contribution in [0.1, 0.15) is 11.6 Å². The van der Waals surface area contributed by atoms with Gasteiger partial charge >= 0.3 is 5.97 Å². The van der Waals surface area contributed by atoms with Crippen molar-refractivity contribution in [2.75, 3.05) is 12.4 Å². The zero-order valence-electron chi connectivity index (χ0n) is 11.1. The number of phenolic OH excluding ortho intramolecular Hbond substituents is 1. The predicted octanol–water partition coefficient (Wildman–Crippen LogP) is 3.00. The minimum Gasteiger partial charge on any atom is -0.508 e. The van der Waals surface area contributed by atoms with E-state index in [4.69, 9.17) is 0 Å². The lowest BCUT2D eigenvalue weighted by molar-refractivity contribution is -0.141. The monoisotopic (exact) mass is 293 g/mol. The molecule has 0 heterocycles. The molecule has 0 aliphatic carbocycles. The van der Waals surface area contributed by atoms with Crippen molar-refractivity contribution in [3.63, 3.8) is 0 Å². The molecule has 0 bridgehead atoms. The van der Waals surface area contributed by atoms with Gasteiger partial charge in [-0.25, -0.2) is 13.6 Å². The van der Waals surface area contributed by atoms with Gasteiger partial charge in [-0.2, -0.15) is 0 Å². The molecule has 0 saturated carbocycles. The van der Waals surface area contributed by atoms with Crippen molar-refractivity contribution in [3.05, 3.63) is 59.7 Å². The molecule has 0 saturated heterocycles. The molecule has 4 nitrogen and oxygen atoms in total. The minimum absolute atomic E-state index is 0.00566. The first kappa shape index (κ1) is 14.8. The summed E-state index contributed by atoms with van der Waals surface area (Å²) in [5.74, 6) is -2.11. The Morgan fingerprint density at radius 3 is 2.57 bits per heavy atom. The Labute approximate surface area is 120 Å². The highest BCUT2D eigenvalue weighted by molar-refractivity contribution is 5.82. The van der Waals surface area contributed by atoms with Crippen LogP contribution in [-0.2, 0) is 9.53 Å². The van der Waals surface area contributed by atoms with E-state index in [-0.39, 0.29) is 11.3 Å². The molecule has 110 valence electrons. The van der Waals surface area contributed by atoms with E-state index in [0.29, 0.717) is 5.69 Å². The number of hydrogen-bond donors (Lipinski definition) is 2. The molecule has 0 fully saturated rings. The molecule has 2 N–H and O–H groups in total. The SMILES string of the molecule is COC(=O)C(Nc1cccc(F)c1)c1cc(F)ccc1O. The van der Waals surface area contributed by atoms with Gasteiger partial charge in [-0.1, -0.05) is 6.07 Å². The fourth-order valence-corrected chi connectivity index (χ4v) is 1.88. The summed E-state index contributed by atoms with van der Waals surface area (Å²) in [7, 11) is 1.17. The molecule has 21 heavy (non-hydrogen) atoms. The second kappa shape index (κ2) is 6.21. The average molecular weight is 293 g/mol. The Hall–Kier alpha value is -2.63.